The van der Waals surface area contributed by atoms with E-state index in [0.29, 0.717) is 11.9 Å². The summed E-state index contributed by atoms with van der Waals surface area (Å²) in [6.45, 7) is 4.89. The fourth-order valence-corrected chi connectivity index (χ4v) is 2.94. The molecule has 1 aliphatic carbocycles. The number of hydrogen-bond acceptors (Lipinski definition) is 2. The molecule has 1 N–H and O–H groups in total. The minimum absolute atomic E-state index is 0.375. The maximum atomic E-state index is 12.0. The van der Waals surface area contributed by atoms with E-state index in [4.69, 9.17) is 0 Å². The number of carbonyl (C=O) groups is 1. The number of carbonyl (C=O) groups excluding carboxylic acids is 1. The van der Waals surface area contributed by atoms with Crippen LogP contribution in [0, 0.1) is 5.92 Å². The van der Waals surface area contributed by atoms with E-state index in [-0.39, 0.29) is 0 Å². The molecule has 1 amide bonds. The first-order valence-corrected chi connectivity index (χ1v) is 6.77. The molecule has 0 unspecified atom stereocenters. The van der Waals surface area contributed by atoms with Gasteiger partial charge < -0.3 is 10.2 Å². The SMILES string of the molecule is C[C@@H]1CN(C(=O)CCC2CCCC2)CCN1. The molecule has 1 heterocycles. The predicted octanol–water partition coefficient (Wildman–Crippen LogP) is 1.78. The third kappa shape index (κ3) is 3.21. The summed E-state index contributed by atoms with van der Waals surface area (Å²) in [6, 6.07) is 0.462. The first-order chi connectivity index (χ1) is 7.75. The van der Waals surface area contributed by atoms with Crippen LogP contribution in [-0.4, -0.2) is 36.5 Å². The Kier molecular flexibility index (Phi) is 4.22. The Morgan fingerprint density at radius 1 is 1.38 bits per heavy atom. The van der Waals surface area contributed by atoms with Gasteiger partial charge in [-0.1, -0.05) is 25.7 Å². The van der Waals surface area contributed by atoms with Crippen molar-refractivity contribution in [2.45, 2.75) is 51.5 Å². The number of piperazine rings is 1. The van der Waals surface area contributed by atoms with Crippen LogP contribution in [0.5, 0.6) is 0 Å². The van der Waals surface area contributed by atoms with E-state index in [1.807, 2.05) is 4.90 Å². The highest BCUT2D eigenvalue weighted by molar-refractivity contribution is 5.76. The Labute approximate surface area is 98.6 Å². The number of nitrogens with zero attached hydrogens (tertiary/aromatic N) is 1. The molecular formula is C13H24N2O. The van der Waals surface area contributed by atoms with Gasteiger partial charge in [-0.3, -0.25) is 4.79 Å². The van der Waals surface area contributed by atoms with Gasteiger partial charge >= 0.3 is 0 Å². The van der Waals surface area contributed by atoms with E-state index < -0.39 is 0 Å². The van der Waals surface area contributed by atoms with Crippen LogP contribution in [0.3, 0.4) is 0 Å². The zero-order valence-electron chi connectivity index (χ0n) is 10.4. The molecule has 1 atom stereocenters. The number of hydrogen-bond donors (Lipinski definition) is 1. The van der Waals surface area contributed by atoms with Crippen LogP contribution >= 0.6 is 0 Å². The van der Waals surface area contributed by atoms with E-state index in [0.717, 1.165) is 38.4 Å². The summed E-state index contributed by atoms with van der Waals surface area (Å²) in [4.78, 5) is 14.0. The van der Waals surface area contributed by atoms with Gasteiger partial charge in [-0.15, -0.1) is 0 Å². The summed E-state index contributed by atoms with van der Waals surface area (Å²) in [5, 5.41) is 3.37. The number of amides is 1. The highest BCUT2D eigenvalue weighted by Crippen LogP contribution is 2.28. The molecule has 2 rings (SSSR count). The molecule has 0 bridgehead atoms. The fraction of sp³-hybridized carbons (Fsp3) is 0.923. The van der Waals surface area contributed by atoms with Gasteiger partial charge in [0.05, 0.1) is 0 Å². The molecule has 0 aromatic heterocycles. The first-order valence-electron chi connectivity index (χ1n) is 6.77. The van der Waals surface area contributed by atoms with Gasteiger partial charge in [0.25, 0.3) is 0 Å². The normalized spacial score (nSPS) is 27.3. The van der Waals surface area contributed by atoms with Crippen LogP contribution in [-0.2, 0) is 4.79 Å². The molecule has 92 valence electrons. The smallest absolute Gasteiger partial charge is 0.222 e. The van der Waals surface area contributed by atoms with Crippen LogP contribution in [0.4, 0.5) is 0 Å². The maximum absolute atomic E-state index is 12.0. The standard InChI is InChI=1S/C13H24N2O/c1-11-10-15(9-8-14-11)13(16)7-6-12-4-2-3-5-12/h11-12,14H,2-10H2,1H3/t11-/m1/s1. The molecular weight excluding hydrogens is 200 g/mol. The van der Waals surface area contributed by atoms with E-state index in [9.17, 15) is 4.79 Å². The van der Waals surface area contributed by atoms with E-state index >= 15 is 0 Å². The second kappa shape index (κ2) is 5.67. The van der Waals surface area contributed by atoms with Crippen LogP contribution in [0.1, 0.15) is 45.4 Å². The summed E-state index contributed by atoms with van der Waals surface area (Å²) in [7, 11) is 0. The van der Waals surface area contributed by atoms with Gasteiger partial charge in [0.2, 0.25) is 5.91 Å². The van der Waals surface area contributed by atoms with Gasteiger partial charge in [0.1, 0.15) is 0 Å². The molecule has 2 fully saturated rings. The minimum atomic E-state index is 0.375. The molecule has 3 heteroatoms. The predicted molar refractivity (Wildman–Crippen MR) is 65.2 cm³/mol. The molecule has 1 saturated heterocycles. The summed E-state index contributed by atoms with van der Waals surface area (Å²) < 4.78 is 0. The quantitative estimate of drug-likeness (QED) is 0.792. The molecule has 1 aliphatic heterocycles. The average molecular weight is 224 g/mol. The van der Waals surface area contributed by atoms with Crippen molar-refractivity contribution in [1.82, 2.24) is 10.2 Å². The van der Waals surface area contributed by atoms with E-state index in [1.165, 1.54) is 25.7 Å². The molecule has 16 heavy (non-hydrogen) atoms. The molecule has 0 spiro atoms. The molecule has 2 aliphatic rings. The molecule has 0 aromatic carbocycles. The molecule has 1 saturated carbocycles. The van der Waals surface area contributed by atoms with Crippen LogP contribution in [0.25, 0.3) is 0 Å². The third-order valence-corrected chi connectivity index (χ3v) is 3.96. The second-order valence-electron chi connectivity index (χ2n) is 5.38. The summed E-state index contributed by atoms with van der Waals surface area (Å²) in [6.07, 6.45) is 7.36. The number of nitrogens with one attached hydrogen (secondary N) is 1. The Balaban J connectivity index is 1.70. The van der Waals surface area contributed by atoms with Gasteiger partial charge in [0.15, 0.2) is 0 Å². The topological polar surface area (TPSA) is 32.3 Å². The highest BCUT2D eigenvalue weighted by Gasteiger charge is 2.22. The van der Waals surface area contributed by atoms with E-state index in [1.54, 1.807) is 0 Å². The lowest BCUT2D eigenvalue weighted by Gasteiger charge is -2.32. The minimum Gasteiger partial charge on any atom is -0.340 e. The van der Waals surface area contributed by atoms with Gasteiger partial charge in [-0.2, -0.15) is 0 Å². The van der Waals surface area contributed by atoms with Crippen molar-refractivity contribution in [3.05, 3.63) is 0 Å². The zero-order chi connectivity index (χ0) is 11.4. The average Bonchev–Trinajstić information content (AvgIpc) is 2.78. The van der Waals surface area contributed by atoms with Crippen molar-refractivity contribution in [2.24, 2.45) is 5.92 Å². The summed E-state index contributed by atoms with van der Waals surface area (Å²) >= 11 is 0. The van der Waals surface area contributed by atoms with Gasteiger partial charge in [-0.05, 0) is 19.3 Å². The summed E-state index contributed by atoms with van der Waals surface area (Å²) in [5.41, 5.74) is 0. The lowest BCUT2D eigenvalue weighted by molar-refractivity contribution is -0.132. The van der Waals surface area contributed by atoms with E-state index in [2.05, 4.69) is 12.2 Å². The lowest BCUT2D eigenvalue weighted by atomic mass is 10.0. The largest absolute Gasteiger partial charge is 0.340 e. The Morgan fingerprint density at radius 3 is 2.81 bits per heavy atom. The van der Waals surface area contributed by atoms with Crippen molar-refractivity contribution < 1.29 is 4.79 Å². The monoisotopic (exact) mass is 224 g/mol. The summed E-state index contributed by atoms with van der Waals surface area (Å²) in [5.74, 6) is 1.21. The molecule has 0 aromatic rings. The van der Waals surface area contributed by atoms with Gasteiger partial charge in [-0.25, -0.2) is 0 Å². The lowest BCUT2D eigenvalue weighted by Crippen LogP contribution is -2.51. The zero-order valence-corrected chi connectivity index (χ0v) is 10.4. The Hall–Kier alpha value is -0.570. The van der Waals surface area contributed by atoms with Crippen molar-refractivity contribution >= 4 is 5.91 Å². The Bertz CT molecular complexity index is 236. The van der Waals surface area contributed by atoms with Gasteiger partial charge in [0, 0.05) is 32.1 Å². The van der Waals surface area contributed by atoms with Crippen LogP contribution in [0.15, 0.2) is 0 Å². The van der Waals surface area contributed by atoms with Crippen LogP contribution in [0.2, 0.25) is 0 Å². The number of rotatable bonds is 3. The van der Waals surface area contributed by atoms with Crippen molar-refractivity contribution in [3.63, 3.8) is 0 Å². The van der Waals surface area contributed by atoms with Crippen molar-refractivity contribution in [3.8, 4) is 0 Å². The fourth-order valence-electron chi connectivity index (χ4n) is 2.94. The first kappa shape index (κ1) is 11.9. The van der Waals surface area contributed by atoms with Crippen LogP contribution < -0.4 is 5.32 Å². The Morgan fingerprint density at radius 2 is 2.12 bits per heavy atom. The maximum Gasteiger partial charge on any atom is 0.222 e. The molecule has 3 nitrogen and oxygen atoms in total. The van der Waals surface area contributed by atoms with Crippen molar-refractivity contribution in [1.29, 1.82) is 0 Å². The highest BCUT2D eigenvalue weighted by atomic mass is 16.2. The second-order valence-corrected chi connectivity index (χ2v) is 5.38. The third-order valence-electron chi connectivity index (χ3n) is 3.96. The van der Waals surface area contributed by atoms with Crippen molar-refractivity contribution in [2.75, 3.05) is 19.6 Å². The molecule has 0 radical (unpaired) electrons.